The van der Waals surface area contributed by atoms with Gasteiger partial charge < -0.3 is 37.9 Å². The molecule has 0 radical (unpaired) electrons. The van der Waals surface area contributed by atoms with Crippen molar-refractivity contribution in [3.05, 3.63) is 119 Å². The Hall–Kier alpha value is -4.08. The number of benzene rings is 4. The van der Waals surface area contributed by atoms with Gasteiger partial charge in [-0.25, -0.2) is 0 Å². The first kappa shape index (κ1) is 29.3. The molecule has 0 aliphatic carbocycles. The van der Waals surface area contributed by atoms with Crippen molar-refractivity contribution in [2.45, 2.75) is 89.1 Å². The molecular formula is C38H38O8. The molecule has 0 amide bonds. The van der Waals surface area contributed by atoms with Crippen LogP contribution in [0.25, 0.3) is 0 Å². The van der Waals surface area contributed by atoms with Gasteiger partial charge in [0.15, 0.2) is 0 Å². The standard InChI is InChI=1S/C38H38O8/c1-21-35(39-21)43-29-13-5-25(6-14-29)33(26-7-15-30(16-8-26)44-36-22(2)40-36)34(27-9-17-31(18-10-27)45-37-23(3)41-37)28-11-19-32(20-12-28)46-38-24(4)42-38/h5-24,33-38H,1-4H3. The van der Waals surface area contributed by atoms with Gasteiger partial charge >= 0.3 is 0 Å². The van der Waals surface area contributed by atoms with Crippen LogP contribution < -0.4 is 18.9 Å². The van der Waals surface area contributed by atoms with Crippen LogP contribution in [0.2, 0.25) is 0 Å². The SMILES string of the molecule is CC1OC1Oc1ccc(C(c2ccc(OC3OC3C)cc2)C(c2ccc(OC3OC3C)cc2)c2ccc(OC3OC3C)cc2)cc1. The lowest BCUT2D eigenvalue weighted by atomic mass is 9.73. The molecule has 0 bridgehead atoms. The third kappa shape index (κ3) is 6.57. The van der Waals surface area contributed by atoms with Gasteiger partial charge in [0.25, 0.3) is 0 Å². The molecule has 4 aromatic rings. The summed E-state index contributed by atoms with van der Waals surface area (Å²) in [6, 6.07) is 33.4. The maximum absolute atomic E-state index is 5.99. The maximum Gasteiger partial charge on any atom is 0.226 e. The normalized spacial score (nSPS) is 30.1. The van der Waals surface area contributed by atoms with Crippen LogP contribution in [-0.2, 0) is 18.9 Å². The van der Waals surface area contributed by atoms with Crippen LogP contribution in [0.15, 0.2) is 97.1 Å². The zero-order valence-electron chi connectivity index (χ0n) is 26.3. The summed E-state index contributed by atoms with van der Waals surface area (Å²) < 4.78 is 45.9. The zero-order chi connectivity index (χ0) is 31.4. The minimum Gasteiger partial charge on any atom is -0.462 e. The molecule has 4 aliphatic rings. The lowest BCUT2D eigenvalue weighted by Gasteiger charge is -2.30. The van der Waals surface area contributed by atoms with Crippen molar-refractivity contribution in [2.24, 2.45) is 0 Å². The van der Waals surface area contributed by atoms with E-state index in [0.717, 1.165) is 45.3 Å². The van der Waals surface area contributed by atoms with Gasteiger partial charge in [0.05, 0.1) is 0 Å². The third-order valence-electron chi connectivity index (χ3n) is 8.92. The Kier molecular flexibility index (Phi) is 7.61. The molecule has 0 aromatic heterocycles. The summed E-state index contributed by atoms with van der Waals surface area (Å²) in [7, 11) is 0. The number of hydrogen-bond donors (Lipinski definition) is 0. The highest BCUT2D eigenvalue weighted by molar-refractivity contribution is 5.48. The Balaban J connectivity index is 1.16. The summed E-state index contributed by atoms with van der Waals surface area (Å²) in [6.45, 7) is 8.02. The molecule has 0 saturated carbocycles. The molecule has 0 N–H and O–H groups in total. The van der Waals surface area contributed by atoms with Gasteiger partial charge in [-0.05, 0) is 98.5 Å². The Bertz CT molecular complexity index is 1390. The summed E-state index contributed by atoms with van der Waals surface area (Å²) in [5.74, 6) is 3.04. The molecule has 0 spiro atoms. The second-order valence-electron chi connectivity index (χ2n) is 12.5. The van der Waals surface area contributed by atoms with Gasteiger partial charge in [-0.15, -0.1) is 0 Å². The molecule has 8 unspecified atom stereocenters. The average Bonchev–Trinajstić information content (AvgIpc) is 4.00. The molecule has 4 heterocycles. The second kappa shape index (κ2) is 11.9. The number of epoxide rings is 4. The third-order valence-corrected chi connectivity index (χ3v) is 8.92. The summed E-state index contributed by atoms with van der Waals surface area (Å²) in [4.78, 5) is 0. The van der Waals surface area contributed by atoms with E-state index in [1.807, 2.05) is 76.2 Å². The summed E-state index contributed by atoms with van der Waals surface area (Å²) in [6.07, 6.45) is -0.280. The highest BCUT2D eigenvalue weighted by Crippen LogP contribution is 2.45. The van der Waals surface area contributed by atoms with Gasteiger partial charge in [-0.3, -0.25) is 0 Å². The zero-order valence-corrected chi connectivity index (χ0v) is 26.3. The van der Waals surface area contributed by atoms with Crippen molar-refractivity contribution in [1.29, 1.82) is 0 Å². The van der Waals surface area contributed by atoms with E-state index in [-0.39, 0.29) is 61.4 Å². The van der Waals surface area contributed by atoms with Crippen LogP contribution in [-0.4, -0.2) is 49.6 Å². The van der Waals surface area contributed by atoms with Crippen molar-refractivity contribution in [1.82, 2.24) is 0 Å². The molecule has 46 heavy (non-hydrogen) atoms. The van der Waals surface area contributed by atoms with E-state index in [0.29, 0.717) is 0 Å². The van der Waals surface area contributed by atoms with Gasteiger partial charge in [0, 0.05) is 11.8 Å². The Morgan fingerprint density at radius 3 is 0.674 bits per heavy atom. The molecule has 4 fully saturated rings. The minimum absolute atomic E-state index is 0.0487. The van der Waals surface area contributed by atoms with E-state index in [1.165, 1.54) is 0 Å². The van der Waals surface area contributed by atoms with Crippen molar-refractivity contribution in [2.75, 3.05) is 0 Å². The van der Waals surface area contributed by atoms with E-state index in [9.17, 15) is 0 Å². The molecule has 8 rings (SSSR count). The highest BCUT2D eigenvalue weighted by Gasteiger charge is 2.39. The van der Waals surface area contributed by atoms with Crippen LogP contribution in [0, 0.1) is 0 Å². The quantitative estimate of drug-likeness (QED) is 0.145. The minimum atomic E-state index is -0.186. The molecule has 8 heteroatoms. The van der Waals surface area contributed by atoms with Crippen molar-refractivity contribution in [3.63, 3.8) is 0 Å². The van der Waals surface area contributed by atoms with Crippen molar-refractivity contribution in [3.8, 4) is 23.0 Å². The van der Waals surface area contributed by atoms with Crippen LogP contribution in [0.1, 0.15) is 61.8 Å². The summed E-state index contributed by atoms with van der Waals surface area (Å²) in [5, 5.41) is 0. The predicted molar refractivity (Wildman–Crippen MR) is 169 cm³/mol. The van der Waals surface area contributed by atoms with Crippen molar-refractivity contribution < 1.29 is 37.9 Å². The first-order valence-electron chi connectivity index (χ1n) is 16.1. The Labute approximate surface area is 269 Å². The molecule has 4 aliphatic heterocycles. The van der Waals surface area contributed by atoms with Gasteiger partial charge in [-0.2, -0.15) is 0 Å². The summed E-state index contributed by atoms with van der Waals surface area (Å²) in [5.41, 5.74) is 4.60. The fourth-order valence-corrected chi connectivity index (χ4v) is 5.87. The molecule has 8 nitrogen and oxygen atoms in total. The lowest BCUT2D eigenvalue weighted by molar-refractivity contribution is 0.178. The first-order valence-corrected chi connectivity index (χ1v) is 16.1. The van der Waals surface area contributed by atoms with E-state index >= 15 is 0 Å². The molecular weight excluding hydrogens is 584 g/mol. The second-order valence-corrected chi connectivity index (χ2v) is 12.5. The van der Waals surface area contributed by atoms with Crippen LogP contribution in [0.5, 0.6) is 23.0 Å². The van der Waals surface area contributed by atoms with E-state index < -0.39 is 0 Å². The molecule has 4 aromatic carbocycles. The summed E-state index contributed by atoms with van der Waals surface area (Å²) >= 11 is 0. The first-order chi connectivity index (χ1) is 22.4. The van der Waals surface area contributed by atoms with Crippen LogP contribution in [0.3, 0.4) is 0 Å². The fourth-order valence-electron chi connectivity index (χ4n) is 5.87. The average molecular weight is 623 g/mol. The lowest BCUT2D eigenvalue weighted by Crippen LogP contribution is -2.15. The Morgan fingerprint density at radius 1 is 0.348 bits per heavy atom. The van der Waals surface area contributed by atoms with Crippen LogP contribution >= 0.6 is 0 Å². The van der Waals surface area contributed by atoms with E-state index in [1.54, 1.807) is 0 Å². The fraction of sp³-hybridized carbons (Fsp3) is 0.368. The number of rotatable bonds is 13. The topological polar surface area (TPSA) is 87.0 Å². The number of ether oxygens (including phenoxy) is 8. The van der Waals surface area contributed by atoms with Crippen LogP contribution in [0.4, 0.5) is 0 Å². The monoisotopic (exact) mass is 622 g/mol. The number of hydrogen-bond acceptors (Lipinski definition) is 8. The largest absolute Gasteiger partial charge is 0.462 e. The van der Waals surface area contributed by atoms with Gasteiger partial charge in [-0.1, -0.05) is 48.5 Å². The van der Waals surface area contributed by atoms with Gasteiger partial charge in [0.1, 0.15) is 47.4 Å². The van der Waals surface area contributed by atoms with Gasteiger partial charge in [0.2, 0.25) is 25.2 Å². The highest BCUT2D eigenvalue weighted by atomic mass is 16.8. The Morgan fingerprint density at radius 2 is 0.522 bits per heavy atom. The molecule has 8 atom stereocenters. The van der Waals surface area contributed by atoms with Crippen molar-refractivity contribution >= 4 is 0 Å². The molecule has 238 valence electrons. The smallest absolute Gasteiger partial charge is 0.226 e. The van der Waals surface area contributed by atoms with E-state index in [4.69, 9.17) is 37.9 Å². The maximum atomic E-state index is 5.99. The predicted octanol–water partition coefficient (Wildman–Crippen LogP) is 7.15. The molecule has 4 saturated heterocycles. The van der Waals surface area contributed by atoms with E-state index in [2.05, 4.69) is 48.5 Å².